The highest BCUT2D eigenvalue weighted by Crippen LogP contribution is 2.23. The summed E-state index contributed by atoms with van der Waals surface area (Å²) in [5.41, 5.74) is 19.8. The lowest BCUT2D eigenvalue weighted by molar-refractivity contribution is -0.142. The second kappa shape index (κ2) is 21.2. The number of benzene rings is 3. The van der Waals surface area contributed by atoms with Gasteiger partial charge in [0.15, 0.2) is 5.96 Å². The lowest BCUT2D eigenvalue weighted by Crippen LogP contribution is -2.59. The zero-order valence-corrected chi connectivity index (χ0v) is 33.0. The maximum atomic E-state index is 14.4. The van der Waals surface area contributed by atoms with Gasteiger partial charge in [0.1, 0.15) is 36.5 Å². The lowest BCUT2D eigenvalue weighted by atomic mass is 10.0. The van der Waals surface area contributed by atoms with Gasteiger partial charge in [-0.05, 0) is 60.6 Å². The van der Waals surface area contributed by atoms with Crippen LogP contribution >= 0.6 is 0 Å². The van der Waals surface area contributed by atoms with E-state index in [1.54, 1.807) is 48.7 Å². The van der Waals surface area contributed by atoms with Gasteiger partial charge in [-0.1, -0.05) is 60.7 Å². The number of carbonyl (C=O) groups is 6. The molecule has 0 saturated carbocycles. The van der Waals surface area contributed by atoms with Crippen LogP contribution in [0.3, 0.4) is 0 Å². The van der Waals surface area contributed by atoms with E-state index in [0.29, 0.717) is 29.5 Å². The molecular weight excluding hydrogens is 773 g/mol. The summed E-state index contributed by atoms with van der Waals surface area (Å²) in [7, 11) is 0. The minimum absolute atomic E-state index is 0.00232. The number of guanidine groups is 1. The number of nitrogens with one attached hydrogen (secondary N) is 5. The Hall–Kier alpha value is -6.95. The number of aromatic amines is 1. The molecule has 13 N–H and O–H groups in total. The monoisotopic (exact) mass is 824 g/mol. The number of phenols is 1. The third-order valence-corrected chi connectivity index (χ3v) is 10.2. The standard InChI is InChI=1S/C42H52N10O8/c43-30(11-6-18-46-42(44)45)37(56)51-34(21-26-14-16-28(53)17-15-26)41(60)52-19-7-13-35(52)40(59)50-33(22-27-23-47-31-12-5-4-10-29(27)31)39(58)49-32(38(57)48-24-36(54)55)20-25-8-2-1-3-9-25/h1-5,8-10,12,14-17,23,30,32-35,47,53H,6-7,11,13,18-22,24,43H2,(H,48,57)(H,49,58)(H,50,59)(H,51,56)(H,54,55)(H4,44,45,46)/t30-,32-,33-,34-,35-/m0/s1. The van der Waals surface area contributed by atoms with Crippen LogP contribution in [-0.2, 0) is 48.0 Å². The van der Waals surface area contributed by atoms with Crippen molar-refractivity contribution in [2.45, 2.75) is 75.2 Å². The topological polar surface area (TPSA) is 300 Å². The Morgan fingerprint density at radius 3 is 2.17 bits per heavy atom. The molecule has 2 heterocycles. The van der Waals surface area contributed by atoms with Crippen LogP contribution in [0.25, 0.3) is 10.9 Å². The number of hydrogen-bond acceptors (Lipinski definition) is 9. The van der Waals surface area contributed by atoms with Crippen molar-refractivity contribution >= 4 is 52.4 Å². The lowest BCUT2D eigenvalue weighted by Gasteiger charge is -2.30. The van der Waals surface area contributed by atoms with Crippen molar-refractivity contribution in [3.8, 4) is 5.75 Å². The molecule has 60 heavy (non-hydrogen) atoms. The summed E-state index contributed by atoms with van der Waals surface area (Å²) in [5, 5.41) is 30.6. The van der Waals surface area contributed by atoms with E-state index in [2.05, 4.69) is 31.2 Å². The van der Waals surface area contributed by atoms with E-state index in [0.717, 1.165) is 10.9 Å². The molecule has 1 aromatic heterocycles. The number of aromatic hydroxyl groups is 1. The molecule has 1 saturated heterocycles. The smallest absolute Gasteiger partial charge is 0.322 e. The van der Waals surface area contributed by atoms with Gasteiger partial charge in [-0.2, -0.15) is 0 Å². The molecule has 0 radical (unpaired) electrons. The predicted molar refractivity (Wildman–Crippen MR) is 223 cm³/mol. The van der Waals surface area contributed by atoms with Crippen molar-refractivity contribution in [3.63, 3.8) is 0 Å². The molecule has 18 heteroatoms. The van der Waals surface area contributed by atoms with E-state index < -0.39 is 72.3 Å². The molecule has 0 unspecified atom stereocenters. The Bertz CT molecular complexity index is 2160. The first-order chi connectivity index (χ1) is 28.8. The molecular formula is C42H52N10O8. The summed E-state index contributed by atoms with van der Waals surface area (Å²) < 4.78 is 0. The summed E-state index contributed by atoms with van der Waals surface area (Å²) in [6.07, 6.45) is 3.13. The fraction of sp³-hybridized carbons (Fsp3) is 0.357. The van der Waals surface area contributed by atoms with Crippen LogP contribution < -0.4 is 38.5 Å². The Morgan fingerprint density at radius 1 is 0.800 bits per heavy atom. The zero-order chi connectivity index (χ0) is 43.2. The number of rotatable bonds is 20. The number of H-pyrrole nitrogens is 1. The van der Waals surface area contributed by atoms with E-state index in [1.165, 1.54) is 17.0 Å². The SMILES string of the molecule is NC(N)=NCCC[C@H](N)C(=O)N[C@@H](Cc1ccc(O)cc1)C(=O)N1CCC[C@H]1C(=O)N[C@@H](Cc1c[nH]c2ccccc12)C(=O)N[C@@H](Cc1ccccc1)C(=O)NCC(=O)O. The van der Waals surface area contributed by atoms with Crippen molar-refractivity contribution in [1.82, 2.24) is 31.2 Å². The van der Waals surface area contributed by atoms with Gasteiger partial charge in [-0.25, -0.2) is 0 Å². The van der Waals surface area contributed by atoms with Gasteiger partial charge in [0, 0.05) is 49.5 Å². The fourth-order valence-electron chi connectivity index (χ4n) is 7.12. The number of nitrogens with two attached hydrogens (primary N) is 3. The molecule has 5 atom stereocenters. The number of aliphatic imine (C=N–C) groups is 1. The Kier molecular flexibility index (Phi) is 15.6. The summed E-state index contributed by atoms with van der Waals surface area (Å²) in [6, 6.07) is 16.8. The molecule has 1 fully saturated rings. The highest BCUT2D eigenvalue weighted by atomic mass is 16.4. The predicted octanol–water partition coefficient (Wildman–Crippen LogP) is -0.0715. The normalized spacial score (nSPS) is 15.6. The number of aliphatic carboxylic acids is 1. The number of nitrogens with zero attached hydrogens (tertiary/aromatic N) is 2. The van der Waals surface area contributed by atoms with Crippen molar-refractivity contribution in [2.75, 3.05) is 19.6 Å². The quantitative estimate of drug-likeness (QED) is 0.0320. The van der Waals surface area contributed by atoms with Gasteiger partial charge in [0.2, 0.25) is 29.5 Å². The summed E-state index contributed by atoms with van der Waals surface area (Å²) in [5.74, 6) is -4.53. The molecule has 0 aliphatic carbocycles. The maximum Gasteiger partial charge on any atom is 0.322 e. The fourth-order valence-corrected chi connectivity index (χ4v) is 7.12. The van der Waals surface area contributed by atoms with Crippen LogP contribution in [0.5, 0.6) is 5.75 Å². The molecule has 318 valence electrons. The number of para-hydroxylation sites is 1. The second-order valence-electron chi connectivity index (χ2n) is 14.7. The Labute approximate surface area is 346 Å². The third-order valence-electron chi connectivity index (χ3n) is 10.2. The van der Waals surface area contributed by atoms with Crippen LogP contribution in [0.2, 0.25) is 0 Å². The average Bonchev–Trinajstić information content (AvgIpc) is 3.89. The van der Waals surface area contributed by atoms with Crippen molar-refractivity contribution in [1.29, 1.82) is 0 Å². The molecule has 4 aromatic rings. The molecule has 5 amide bonds. The number of fused-ring (bicyclic) bond motifs is 1. The van der Waals surface area contributed by atoms with Crippen molar-refractivity contribution in [2.24, 2.45) is 22.2 Å². The van der Waals surface area contributed by atoms with Gasteiger partial charge in [-0.3, -0.25) is 33.8 Å². The highest BCUT2D eigenvalue weighted by molar-refractivity contribution is 5.97. The molecule has 0 spiro atoms. The van der Waals surface area contributed by atoms with E-state index >= 15 is 0 Å². The zero-order valence-electron chi connectivity index (χ0n) is 33.0. The van der Waals surface area contributed by atoms with Crippen LogP contribution in [0.1, 0.15) is 42.4 Å². The minimum Gasteiger partial charge on any atom is -0.508 e. The van der Waals surface area contributed by atoms with Gasteiger partial charge < -0.3 is 58.6 Å². The molecule has 5 rings (SSSR count). The minimum atomic E-state index is -1.26. The van der Waals surface area contributed by atoms with Crippen LogP contribution in [0.4, 0.5) is 0 Å². The van der Waals surface area contributed by atoms with E-state index in [4.69, 9.17) is 17.2 Å². The number of aromatic nitrogens is 1. The number of likely N-dealkylation sites (tertiary alicyclic amines) is 1. The van der Waals surface area contributed by atoms with Crippen molar-refractivity contribution in [3.05, 3.63) is 102 Å². The van der Waals surface area contributed by atoms with E-state index in [1.807, 2.05) is 24.3 Å². The van der Waals surface area contributed by atoms with Gasteiger partial charge in [-0.15, -0.1) is 0 Å². The van der Waals surface area contributed by atoms with Gasteiger partial charge in [0.05, 0.1) is 6.04 Å². The second-order valence-corrected chi connectivity index (χ2v) is 14.7. The van der Waals surface area contributed by atoms with Crippen LogP contribution in [0, 0.1) is 0 Å². The number of phenolic OH excluding ortho intramolecular Hbond substituents is 1. The molecule has 18 nitrogen and oxygen atoms in total. The van der Waals surface area contributed by atoms with Gasteiger partial charge >= 0.3 is 5.97 Å². The van der Waals surface area contributed by atoms with Crippen molar-refractivity contribution < 1.29 is 39.0 Å². The number of carboxylic acid groups (broad SMARTS) is 1. The molecule has 1 aliphatic heterocycles. The number of hydrogen-bond donors (Lipinski definition) is 10. The summed E-state index contributed by atoms with van der Waals surface area (Å²) >= 11 is 0. The summed E-state index contributed by atoms with van der Waals surface area (Å²) in [6.45, 7) is -0.221. The maximum absolute atomic E-state index is 14.4. The largest absolute Gasteiger partial charge is 0.508 e. The van der Waals surface area contributed by atoms with Gasteiger partial charge in [0.25, 0.3) is 0 Å². The molecule has 3 aromatic carbocycles. The van der Waals surface area contributed by atoms with Crippen LogP contribution in [0.15, 0.2) is 90.1 Å². The Balaban J connectivity index is 1.38. The average molecular weight is 825 g/mol. The molecule has 1 aliphatic rings. The Morgan fingerprint density at radius 2 is 1.45 bits per heavy atom. The van der Waals surface area contributed by atoms with E-state index in [-0.39, 0.29) is 56.9 Å². The summed E-state index contributed by atoms with van der Waals surface area (Å²) in [4.78, 5) is 89.3. The first-order valence-corrected chi connectivity index (χ1v) is 19.7. The number of amides is 5. The first kappa shape index (κ1) is 44.2. The van der Waals surface area contributed by atoms with E-state index in [9.17, 15) is 39.0 Å². The first-order valence-electron chi connectivity index (χ1n) is 19.7. The van der Waals surface area contributed by atoms with Crippen LogP contribution in [-0.4, -0.2) is 111 Å². The number of carbonyl (C=O) groups excluding carboxylic acids is 5. The number of carboxylic acids is 1. The highest BCUT2D eigenvalue weighted by Gasteiger charge is 2.40. The third kappa shape index (κ3) is 12.5. The molecule has 0 bridgehead atoms.